The molecule has 0 aliphatic carbocycles. The molecule has 0 saturated carbocycles. The van der Waals surface area contributed by atoms with Crippen LogP contribution in [0.2, 0.25) is 0 Å². The van der Waals surface area contributed by atoms with Crippen molar-refractivity contribution in [1.29, 1.82) is 0 Å². The number of pyridine rings is 1. The van der Waals surface area contributed by atoms with E-state index in [0.29, 0.717) is 38.3 Å². The maximum Gasteiger partial charge on any atom is 0.258 e. The highest BCUT2D eigenvalue weighted by molar-refractivity contribution is 6.39. The lowest BCUT2D eigenvalue weighted by Gasteiger charge is -2.19. The number of hydrogen-bond donors (Lipinski definition) is 4. The molecule has 48 heavy (non-hydrogen) atoms. The van der Waals surface area contributed by atoms with Gasteiger partial charge in [-0.05, 0) is 105 Å². The Kier molecular flexibility index (Phi) is 5.58. The first-order chi connectivity index (χ1) is 23.3. The van der Waals surface area contributed by atoms with Crippen LogP contribution in [0.15, 0.2) is 107 Å². The third kappa shape index (κ3) is 3.86. The standard InChI is InChI=1S/C38H20N4O6/c43-33-17-1-5-19(6-2-17)39-35(45)25-13-9-21-23-11-15-27-32-28(38(48)42-37(27)47)16-12-24(30(23)32)22-10-14-26(31(25)29(21)22)36(46)40-20-7-3-18(4-8-20)34(44)41-33/h1-16H,(H,39,45)(H,40,46)(H,41,43,44)(H,42,47,48). The van der Waals surface area contributed by atoms with Crippen LogP contribution in [0.25, 0.3) is 53.9 Å². The number of aromatic nitrogens is 1. The maximum atomic E-state index is 14.0. The summed E-state index contributed by atoms with van der Waals surface area (Å²) in [5.41, 5.74) is 0.810. The van der Waals surface area contributed by atoms with E-state index >= 15 is 0 Å². The molecular weight excluding hydrogens is 608 g/mol. The zero-order valence-corrected chi connectivity index (χ0v) is 24.7. The fourth-order valence-electron chi connectivity index (χ4n) is 6.94. The van der Waals surface area contributed by atoms with Gasteiger partial charge >= 0.3 is 0 Å². The van der Waals surface area contributed by atoms with Gasteiger partial charge in [-0.15, -0.1) is 0 Å². The minimum Gasteiger partial charge on any atom is -0.322 e. The molecule has 0 radical (unpaired) electrons. The number of fused-ring (bicyclic) bond motifs is 2. The number of carbonyl (C=O) groups is 4. The number of aromatic amines is 1. The molecule has 0 spiro atoms. The van der Waals surface area contributed by atoms with Gasteiger partial charge in [0.05, 0.1) is 0 Å². The van der Waals surface area contributed by atoms with Crippen LogP contribution in [0.1, 0.15) is 41.4 Å². The van der Waals surface area contributed by atoms with E-state index in [0.717, 1.165) is 26.9 Å². The van der Waals surface area contributed by atoms with Crippen molar-refractivity contribution in [3.63, 3.8) is 0 Å². The summed E-state index contributed by atoms with van der Waals surface area (Å²) in [4.78, 5) is 81.5. The van der Waals surface area contributed by atoms with Gasteiger partial charge in [-0.1, -0.05) is 24.3 Å². The van der Waals surface area contributed by atoms with Crippen molar-refractivity contribution < 1.29 is 19.2 Å². The lowest BCUT2D eigenvalue weighted by Crippen LogP contribution is -2.30. The summed E-state index contributed by atoms with van der Waals surface area (Å²) in [5, 5.41) is 14.3. The molecule has 4 bridgehead atoms. The second-order valence-corrected chi connectivity index (χ2v) is 11.8. The van der Waals surface area contributed by atoms with Gasteiger partial charge in [0.25, 0.3) is 34.7 Å². The Bertz CT molecular complexity index is 2670. The van der Waals surface area contributed by atoms with Crippen molar-refractivity contribution in [3.05, 3.63) is 140 Å². The monoisotopic (exact) mass is 628 g/mol. The highest BCUT2D eigenvalue weighted by Gasteiger charge is 2.25. The molecule has 0 saturated heterocycles. The van der Waals surface area contributed by atoms with Crippen molar-refractivity contribution in [2.75, 3.05) is 10.6 Å². The van der Waals surface area contributed by atoms with Crippen LogP contribution in [-0.2, 0) is 0 Å². The number of imide groups is 1. The molecule has 4 aliphatic heterocycles. The average molecular weight is 629 g/mol. The zero-order valence-electron chi connectivity index (χ0n) is 24.7. The third-order valence-corrected chi connectivity index (χ3v) is 9.14. The Morgan fingerprint density at radius 2 is 0.667 bits per heavy atom. The minimum atomic E-state index is -0.602. The number of carbonyl (C=O) groups excluding carboxylic acids is 4. The Labute approximate surface area is 268 Å². The first kappa shape index (κ1) is 27.4. The van der Waals surface area contributed by atoms with E-state index in [-0.39, 0.29) is 22.3 Å². The van der Waals surface area contributed by atoms with Crippen LogP contribution in [0.3, 0.4) is 0 Å². The highest BCUT2D eigenvalue weighted by Crippen LogP contribution is 2.44. The van der Waals surface area contributed by atoms with Gasteiger partial charge in [-0.3, -0.25) is 39.1 Å². The van der Waals surface area contributed by atoms with Crippen LogP contribution < -0.4 is 27.1 Å². The molecule has 5 heterocycles. The third-order valence-electron chi connectivity index (χ3n) is 9.14. The van der Waals surface area contributed by atoms with E-state index in [9.17, 15) is 28.8 Å². The van der Waals surface area contributed by atoms with Crippen LogP contribution in [0, 0.1) is 0 Å². The summed E-state index contributed by atoms with van der Waals surface area (Å²) in [6.45, 7) is 0. The summed E-state index contributed by atoms with van der Waals surface area (Å²) < 4.78 is 0. The molecule has 12 rings (SSSR count). The van der Waals surface area contributed by atoms with Gasteiger partial charge in [-0.25, -0.2) is 0 Å². The van der Waals surface area contributed by atoms with E-state index < -0.39 is 34.7 Å². The quantitative estimate of drug-likeness (QED) is 0.0951. The number of hydrogen-bond acceptors (Lipinski definition) is 6. The second kappa shape index (κ2) is 9.78. The van der Waals surface area contributed by atoms with Gasteiger partial charge in [0, 0.05) is 55.2 Å². The van der Waals surface area contributed by atoms with E-state index in [1.54, 1.807) is 48.5 Å². The summed E-state index contributed by atoms with van der Waals surface area (Å²) in [6, 6.07) is 26.2. The molecule has 10 heteroatoms. The molecule has 10 nitrogen and oxygen atoms in total. The topological polar surface area (TPSA) is 154 Å². The Morgan fingerprint density at radius 3 is 1.10 bits per heavy atom. The predicted octanol–water partition coefficient (Wildman–Crippen LogP) is 5.76. The van der Waals surface area contributed by atoms with Crippen LogP contribution >= 0.6 is 0 Å². The molecule has 7 aromatic carbocycles. The average Bonchev–Trinajstić information content (AvgIpc) is 3.09. The number of H-pyrrole nitrogens is 1. The molecule has 8 aromatic rings. The SMILES string of the molecule is O=C1NC(=O)c2ccc(cc2)NC(=O)c2ccc3c4ccc5c(=O)[nH]c(=O)c6ccc(c7ccc(c2c73)C(=O)Nc2ccc1cc2)c4c65. The second-order valence-electron chi connectivity index (χ2n) is 11.8. The van der Waals surface area contributed by atoms with Gasteiger partial charge in [0.1, 0.15) is 0 Å². The number of amides is 4. The molecule has 0 atom stereocenters. The normalized spacial score (nSPS) is 13.8. The van der Waals surface area contributed by atoms with E-state index in [2.05, 4.69) is 20.9 Å². The number of anilines is 2. The fourth-order valence-corrected chi connectivity index (χ4v) is 6.94. The van der Waals surface area contributed by atoms with Crippen LogP contribution in [-0.4, -0.2) is 28.6 Å². The number of nitrogens with one attached hydrogen (secondary N) is 4. The molecule has 4 N–H and O–H groups in total. The Morgan fingerprint density at radius 1 is 0.312 bits per heavy atom. The Hall–Kier alpha value is -6.94. The van der Waals surface area contributed by atoms with E-state index in [4.69, 9.17) is 0 Å². The largest absolute Gasteiger partial charge is 0.322 e. The van der Waals surface area contributed by atoms with Crippen molar-refractivity contribution in [3.8, 4) is 0 Å². The lowest BCUT2D eigenvalue weighted by molar-refractivity contribution is 0.0848. The maximum absolute atomic E-state index is 14.0. The first-order valence-electron chi connectivity index (χ1n) is 15.0. The van der Waals surface area contributed by atoms with Gasteiger partial charge in [0.15, 0.2) is 0 Å². The molecular formula is C38H20N4O6. The molecule has 228 valence electrons. The smallest absolute Gasteiger partial charge is 0.258 e. The summed E-state index contributed by atoms with van der Waals surface area (Å²) in [5.74, 6) is -2.17. The van der Waals surface area contributed by atoms with Gasteiger partial charge in [0.2, 0.25) is 0 Å². The summed E-state index contributed by atoms with van der Waals surface area (Å²) in [7, 11) is 0. The molecule has 0 fully saturated rings. The minimum absolute atomic E-state index is 0.230. The van der Waals surface area contributed by atoms with Crippen molar-refractivity contribution in [2.45, 2.75) is 0 Å². The molecule has 4 amide bonds. The number of rotatable bonds is 0. The molecule has 4 aliphatic rings. The molecule has 1 aromatic heterocycles. The highest BCUT2D eigenvalue weighted by atomic mass is 16.2. The van der Waals surface area contributed by atoms with Crippen molar-refractivity contribution >= 4 is 88.9 Å². The Balaban J connectivity index is 1.35. The lowest BCUT2D eigenvalue weighted by atomic mass is 9.85. The summed E-state index contributed by atoms with van der Waals surface area (Å²) in [6.07, 6.45) is 0. The van der Waals surface area contributed by atoms with Gasteiger partial charge < -0.3 is 10.6 Å². The zero-order chi connectivity index (χ0) is 32.8. The summed E-state index contributed by atoms with van der Waals surface area (Å²) >= 11 is 0. The fraction of sp³-hybridized carbons (Fsp3) is 0. The van der Waals surface area contributed by atoms with Crippen LogP contribution in [0.5, 0.6) is 0 Å². The first-order valence-corrected chi connectivity index (χ1v) is 15.0. The predicted molar refractivity (Wildman–Crippen MR) is 184 cm³/mol. The van der Waals surface area contributed by atoms with E-state index in [1.807, 2.05) is 24.3 Å². The van der Waals surface area contributed by atoms with Crippen LogP contribution in [0.4, 0.5) is 11.4 Å². The van der Waals surface area contributed by atoms with Crippen molar-refractivity contribution in [2.24, 2.45) is 0 Å². The molecule has 0 unspecified atom stereocenters. The van der Waals surface area contributed by atoms with Crippen molar-refractivity contribution in [1.82, 2.24) is 10.3 Å². The van der Waals surface area contributed by atoms with Gasteiger partial charge in [-0.2, -0.15) is 0 Å². The number of benzene rings is 7. The van der Waals surface area contributed by atoms with E-state index in [1.165, 1.54) is 24.3 Å².